The first-order valence-corrected chi connectivity index (χ1v) is 10.3. The zero-order chi connectivity index (χ0) is 18.3. The van der Waals surface area contributed by atoms with Crippen LogP contribution in [0.15, 0.2) is 48.9 Å². The molecule has 1 atom stereocenters. The molecule has 0 aliphatic carbocycles. The predicted molar refractivity (Wildman–Crippen MR) is 98.3 cm³/mol. The molecule has 3 aromatic rings. The van der Waals surface area contributed by atoms with Gasteiger partial charge < -0.3 is 9.47 Å². The van der Waals surface area contributed by atoms with Crippen molar-refractivity contribution in [2.24, 2.45) is 7.05 Å². The lowest BCUT2D eigenvalue weighted by Crippen LogP contribution is -2.47. The van der Waals surface area contributed by atoms with Crippen molar-refractivity contribution in [1.82, 2.24) is 19.2 Å². The number of hydrogen-bond acceptors (Lipinski definition) is 4. The van der Waals surface area contributed by atoms with E-state index in [0.29, 0.717) is 0 Å². The Balaban J connectivity index is 1.62. The van der Waals surface area contributed by atoms with E-state index in [2.05, 4.69) is 5.10 Å². The van der Waals surface area contributed by atoms with E-state index in [9.17, 15) is 13.2 Å². The zero-order valence-corrected chi connectivity index (χ0v) is 15.3. The second-order valence-electron chi connectivity index (χ2n) is 6.67. The molecule has 1 aromatic carbocycles. The van der Waals surface area contributed by atoms with Crippen molar-refractivity contribution < 1.29 is 13.2 Å². The van der Waals surface area contributed by atoms with Gasteiger partial charge in [-0.05, 0) is 17.5 Å². The number of fused-ring (bicyclic) bond motifs is 1. The molecule has 0 saturated carbocycles. The third-order valence-corrected chi connectivity index (χ3v) is 6.48. The first-order chi connectivity index (χ1) is 12.4. The standard InChI is InChI=1S/C18H20N4O3S/c1-20-11-15(10-19-20)17-13-26(24,25)9-8-22(17)18(23)12-21-7-6-14-4-2-3-5-16(14)21/h2-7,10-11,17H,8-9,12-13H2,1H3/t17-/m1/s1. The molecule has 0 bridgehead atoms. The van der Waals surface area contributed by atoms with E-state index in [1.807, 2.05) is 41.1 Å². The van der Waals surface area contributed by atoms with Crippen LogP contribution in [0.4, 0.5) is 0 Å². The third-order valence-electron chi connectivity index (χ3n) is 4.85. The van der Waals surface area contributed by atoms with Crippen LogP contribution >= 0.6 is 0 Å². The zero-order valence-electron chi connectivity index (χ0n) is 14.4. The van der Waals surface area contributed by atoms with Gasteiger partial charge in [0.15, 0.2) is 9.84 Å². The Morgan fingerprint density at radius 1 is 1.27 bits per heavy atom. The van der Waals surface area contributed by atoms with Crippen LogP contribution in [0.5, 0.6) is 0 Å². The van der Waals surface area contributed by atoms with Crippen molar-refractivity contribution >= 4 is 26.6 Å². The number of aromatic nitrogens is 3. The Bertz CT molecular complexity index is 1070. The number of carbonyl (C=O) groups excluding carboxylic acids is 1. The van der Waals surface area contributed by atoms with Crippen molar-refractivity contribution in [3.05, 3.63) is 54.5 Å². The molecule has 7 nitrogen and oxygen atoms in total. The lowest BCUT2D eigenvalue weighted by atomic mass is 10.1. The SMILES string of the molecule is Cn1cc([C@H]2CS(=O)(=O)CCN2C(=O)Cn2ccc3ccccc32)cn1. The minimum absolute atomic E-state index is 0.00191. The summed E-state index contributed by atoms with van der Waals surface area (Å²) in [5, 5.41) is 5.20. The first-order valence-electron chi connectivity index (χ1n) is 8.45. The smallest absolute Gasteiger partial charge is 0.243 e. The molecule has 0 unspecified atom stereocenters. The topological polar surface area (TPSA) is 77.2 Å². The van der Waals surface area contributed by atoms with Crippen molar-refractivity contribution in [3.8, 4) is 0 Å². The number of amides is 1. The van der Waals surface area contributed by atoms with Gasteiger partial charge in [-0.3, -0.25) is 9.48 Å². The van der Waals surface area contributed by atoms with Crippen molar-refractivity contribution in [3.63, 3.8) is 0 Å². The molecule has 3 heterocycles. The molecule has 1 fully saturated rings. The second kappa shape index (κ2) is 6.28. The van der Waals surface area contributed by atoms with E-state index in [4.69, 9.17) is 0 Å². The van der Waals surface area contributed by atoms with Gasteiger partial charge in [0.25, 0.3) is 0 Å². The summed E-state index contributed by atoms with van der Waals surface area (Å²) in [7, 11) is -1.39. The average Bonchev–Trinajstić information content (AvgIpc) is 3.21. The van der Waals surface area contributed by atoms with Gasteiger partial charge in [-0.25, -0.2) is 8.42 Å². The number of rotatable bonds is 3. The highest BCUT2D eigenvalue weighted by atomic mass is 32.2. The van der Waals surface area contributed by atoms with Crippen LogP contribution in [-0.2, 0) is 28.2 Å². The van der Waals surface area contributed by atoms with Gasteiger partial charge in [-0.2, -0.15) is 5.10 Å². The molecule has 1 aliphatic rings. The van der Waals surface area contributed by atoms with Gasteiger partial charge in [-0.15, -0.1) is 0 Å². The Morgan fingerprint density at radius 3 is 2.85 bits per heavy atom. The molecule has 0 radical (unpaired) electrons. The van der Waals surface area contributed by atoms with Gasteiger partial charge >= 0.3 is 0 Å². The van der Waals surface area contributed by atoms with Gasteiger partial charge in [0.2, 0.25) is 5.91 Å². The molecule has 1 aliphatic heterocycles. The van der Waals surface area contributed by atoms with Crippen LogP contribution < -0.4 is 0 Å². The number of aryl methyl sites for hydroxylation is 1. The van der Waals surface area contributed by atoms with Crippen molar-refractivity contribution in [1.29, 1.82) is 0 Å². The molecule has 0 N–H and O–H groups in total. The first kappa shape index (κ1) is 16.8. The number of nitrogens with zero attached hydrogens (tertiary/aromatic N) is 4. The highest BCUT2D eigenvalue weighted by molar-refractivity contribution is 7.91. The van der Waals surface area contributed by atoms with Crippen molar-refractivity contribution in [2.45, 2.75) is 12.6 Å². The summed E-state index contributed by atoms with van der Waals surface area (Å²) < 4.78 is 27.8. The second-order valence-corrected chi connectivity index (χ2v) is 8.90. The fraction of sp³-hybridized carbons (Fsp3) is 0.333. The van der Waals surface area contributed by atoms with Gasteiger partial charge in [0.05, 0.1) is 23.7 Å². The maximum atomic E-state index is 13.0. The largest absolute Gasteiger partial charge is 0.338 e. The van der Waals surface area contributed by atoms with Crippen LogP contribution in [-0.4, -0.2) is 51.6 Å². The van der Waals surface area contributed by atoms with Crippen molar-refractivity contribution in [2.75, 3.05) is 18.1 Å². The van der Waals surface area contributed by atoms with E-state index in [-0.39, 0.29) is 30.5 Å². The minimum Gasteiger partial charge on any atom is -0.338 e. The van der Waals surface area contributed by atoms with E-state index < -0.39 is 15.9 Å². The summed E-state index contributed by atoms with van der Waals surface area (Å²) in [5.41, 5.74) is 1.74. The summed E-state index contributed by atoms with van der Waals surface area (Å²) in [6.07, 6.45) is 5.30. The quantitative estimate of drug-likeness (QED) is 0.696. The lowest BCUT2D eigenvalue weighted by molar-refractivity contribution is -0.133. The predicted octanol–water partition coefficient (Wildman–Crippen LogP) is 1.37. The number of hydrogen-bond donors (Lipinski definition) is 0. The van der Waals surface area contributed by atoms with Gasteiger partial charge in [-0.1, -0.05) is 18.2 Å². The van der Waals surface area contributed by atoms with Crippen LogP contribution in [0.2, 0.25) is 0 Å². The summed E-state index contributed by atoms with van der Waals surface area (Å²) in [4.78, 5) is 14.7. The molecule has 136 valence electrons. The van der Waals surface area contributed by atoms with Crippen LogP contribution in [0.1, 0.15) is 11.6 Å². The van der Waals surface area contributed by atoms with E-state index in [1.54, 1.807) is 29.0 Å². The Hall–Kier alpha value is -2.61. The monoisotopic (exact) mass is 372 g/mol. The maximum absolute atomic E-state index is 13.0. The van der Waals surface area contributed by atoms with E-state index in [1.165, 1.54) is 0 Å². The van der Waals surface area contributed by atoms with E-state index >= 15 is 0 Å². The summed E-state index contributed by atoms with van der Waals surface area (Å²) in [6.45, 7) is 0.393. The fourth-order valence-corrected chi connectivity index (χ4v) is 5.00. The molecule has 1 amide bonds. The third kappa shape index (κ3) is 3.12. The number of carbonyl (C=O) groups is 1. The molecule has 4 rings (SSSR count). The van der Waals surface area contributed by atoms with Crippen LogP contribution in [0, 0.1) is 0 Å². The minimum atomic E-state index is -3.17. The molecular weight excluding hydrogens is 352 g/mol. The highest BCUT2D eigenvalue weighted by Gasteiger charge is 2.35. The van der Waals surface area contributed by atoms with Gasteiger partial charge in [0.1, 0.15) is 6.54 Å². The number of benzene rings is 1. The Kier molecular flexibility index (Phi) is 4.07. The summed E-state index contributed by atoms with van der Waals surface area (Å²) >= 11 is 0. The Morgan fingerprint density at radius 2 is 2.08 bits per heavy atom. The summed E-state index contributed by atoms with van der Waals surface area (Å²) in [6, 6.07) is 9.36. The average molecular weight is 372 g/mol. The van der Waals surface area contributed by atoms with Gasteiger partial charge in [0, 0.05) is 37.1 Å². The normalized spacial score (nSPS) is 19.7. The molecule has 26 heavy (non-hydrogen) atoms. The number of sulfone groups is 1. The van der Waals surface area contributed by atoms with Crippen LogP contribution in [0.25, 0.3) is 10.9 Å². The lowest BCUT2D eigenvalue weighted by Gasteiger charge is -2.35. The van der Waals surface area contributed by atoms with E-state index in [0.717, 1.165) is 16.5 Å². The molecule has 2 aromatic heterocycles. The molecule has 8 heteroatoms. The summed E-state index contributed by atoms with van der Waals surface area (Å²) in [5.74, 6) is -0.145. The van der Waals surface area contributed by atoms with Crippen LogP contribution in [0.3, 0.4) is 0 Å². The Labute approximate surface area is 151 Å². The highest BCUT2D eigenvalue weighted by Crippen LogP contribution is 2.27. The maximum Gasteiger partial charge on any atom is 0.243 e. The molecule has 0 spiro atoms. The number of para-hydroxylation sites is 1. The molecule has 1 saturated heterocycles. The fourth-order valence-electron chi connectivity index (χ4n) is 3.51. The molecular formula is C18H20N4O3S.